The lowest BCUT2D eigenvalue weighted by Crippen LogP contribution is -1.99. The van der Waals surface area contributed by atoms with Crippen molar-refractivity contribution < 1.29 is 9.90 Å². The Labute approximate surface area is 116 Å². The number of benzene rings is 2. The molecule has 0 saturated heterocycles. The maximum Gasteiger partial charge on any atom is 0.303 e. The quantitative estimate of drug-likeness (QED) is 0.789. The molecule has 0 saturated carbocycles. The Balaban J connectivity index is 1.97. The van der Waals surface area contributed by atoms with E-state index >= 15 is 0 Å². The summed E-state index contributed by atoms with van der Waals surface area (Å²) >= 11 is 0. The van der Waals surface area contributed by atoms with E-state index in [2.05, 4.69) is 4.98 Å². The zero-order valence-electron chi connectivity index (χ0n) is 10.9. The van der Waals surface area contributed by atoms with E-state index in [1.807, 2.05) is 53.1 Å². The molecule has 0 radical (unpaired) electrons. The summed E-state index contributed by atoms with van der Waals surface area (Å²) in [5, 5.41) is 8.75. The van der Waals surface area contributed by atoms with Crippen molar-refractivity contribution in [2.45, 2.75) is 12.8 Å². The van der Waals surface area contributed by atoms with E-state index in [-0.39, 0.29) is 6.42 Å². The molecule has 0 bridgehead atoms. The zero-order chi connectivity index (χ0) is 13.9. The second-order valence-corrected chi connectivity index (χ2v) is 4.67. The molecule has 0 atom stereocenters. The first kappa shape index (κ1) is 12.4. The minimum atomic E-state index is -0.775. The van der Waals surface area contributed by atoms with Gasteiger partial charge in [0.05, 0.1) is 11.0 Å². The molecule has 0 spiro atoms. The van der Waals surface area contributed by atoms with Gasteiger partial charge in [0.2, 0.25) is 0 Å². The average molecular weight is 266 g/mol. The number of imidazole rings is 1. The Morgan fingerprint density at radius 1 is 1.15 bits per heavy atom. The molecule has 0 fully saturated rings. The fraction of sp³-hybridized carbons (Fsp3) is 0.125. The molecular formula is C16H14N2O2. The summed E-state index contributed by atoms with van der Waals surface area (Å²) < 4.78 is 2.01. The van der Waals surface area contributed by atoms with Crippen LogP contribution in [0.4, 0.5) is 0 Å². The number of para-hydroxylation sites is 2. The molecule has 1 aromatic heterocycles. The van der Waals surface area contributed by atoms with Crippen molar-refractivity contribution in [1.82, 2.24) is 9.55 Å². The molecule has 100 valence electrons. The normalized spacial score (nSPS) is 10.8. The Kier molecular flexibility index (Phi) is 3.21. The summed E-state index contributed by atoms with van der Waals surface area (Å²) in [5.74, 6) is -0.775. The van der Waals surface area contributed by atoms with Gasteiger partial charge in [-0.3, -0.25) is 9.36 Å². The van der Waals surface area contributed by atoms with Gasteiger partial charge in [-0.2, -0.15) is 0 Å². The van der Waals surface area contributed by atoms with Gasteiger partial charge in [-0.25, -0.2) is 4.98 Å². The number of carboxylic acids is 1. The van der Waals surface area contributed by atoms with Gasteiger partial charge in [-0.1, -0.05) is 24.3 Å². The number of aryl methyl sites for hydroxylation is 1. The van der Waals surface area contributed by atoms with E-state index in [0.717, 1.165) is 22.3 Å². The second kappa shape index (κ2) is 5.17. The average Bonchev–Trinajstić information content (AvgIpc) is 2.89. The largest absolute Gasteiger partial charge is 0.481 e. The monoisotopic (exact) mass is 266 g/mol. The van der Waals surface area contributed by atoms with Gasteiger partial charge < -0.3 is 5.11 Å². The molecule has 0 amide bonds. The highest BCUT2D eigenvalue weighted by Gasteiger charge is 2.05. The van der Waals surface area contributed by atoms with Gasteiger partial charge in [-0.05, 0) is 36.2 Å². The lowest BCUT2D eigenvalue weighted by atomic mass is 10.1. The number of hydrogen-bond acceptors (Lipinski definition) is 2. The minimum absolute atomic E-state index is 0.147. The van der Waals surface area contributed by atoms with Crippen LogP contribution in [0.1, 0.15) is 12.0 Å². The van der Waals surface area contributed by atoms with E-state index in [4.69, 9.17) is 5.11 Å². The fourth-order valence-electron chi connectivity index (χ4n) is 2.28. The Morgan fingerprint density at radius 3 is 2.85 bits per heavy atom. The predicted molar refractivity (Wildman–Crippen MR) is 77.0 cm³/mol. The van der Waals surface area contributed by atoms with Crippen molar-refractivity contribution >= 4 is 17.0 Å². The SMILES string of the molecule is O=C(O)CCc1cccc(-n2cnc3ccccc32)c1. The third kappa shape index (κ3) is 2.40. The summed E-state index contributed by atoms with van der Waals surface area (Å²) in [6, 6.07) is 15.8. The van der Waals surface area contributed by atoms with Crippen molar-refractivity contribution in [2.24, 2.45) is 0 Å². The lowest BCUT2D eigenvalue weighted by Gasteiger charge is -2.06. The molecule has 0 aliphatic rings. The van der Waals surface area contributed by atoms with Crippen LogP contribution in [0.25, 0.3) is 16.7 Å². The smallest absolute Gasteiger partial charge is 0.303 e. The number of nitrogens with zero attached hydrogens (tertiary/aromatic N) is 2. The highest BCUT2D eigenvalue weighted by molar-refractivity contribution is 5.77. The van der Waals surface area contributed by atoms with Crippen molar-refractivity contribution in [3.63, 3.8) is 0 Å². The van der Waals surface area contributed by atoms with Gasteiger partial charge in [0, 0.05) is 12.1 Å². The fourth-order valence-corrected chi connectivity index (χ4v) is 2.28. The minimum Gasteiger partial charge on any atom is -0.481 e. The molecule has 2 aromatic carbocycles. The highest BCUT2D eigenvalue weighted by Crippen LogP contribution is 2.19. The van der Waals surface area contributed by atoms with Gasteiger partial charge in [-0.15, -0.1) is 0 Å². The number of carboxylic acid groups (broad SMARTS) is 1. The van der Waals surface area contributed by atoms with E-state index < -0.39 is 5.97 Å². The van der Waals surface area contributed by atoms with Crippen molar-refractivity contribution in [1.29, 1.82) is 0 Å². The van der Waals surface area contributed by atoms with Gasteiger partial charge in [0.15, 0.2) is 0 Å². The molecule has 0 aliphatic carbocycles. The van der Waals surface area contributed by atoms with E-state index in [9.17, 15) is 4.79 Å². The van der Waals surface area contributed by atoms with Gasteiger partial charge >= 0.3 is 5.97 Å². The summed E-state index contributed by atoms with van der Waals surface area (Å²) in [4.78, 5) is 15.0. The Hall–Kier alpha value is -2.62. The predicted octanol–water partition coefficient (Wildman–Crippen LogP) is 3.04. The van der Waals surface area contributed by atoms with Crippen molar-refractivity contribution in [3.8, 4) is 5.69 Å². The zero-order valence-corrected chi connectivity index (χ0v) is 10.9. The maximum absolute atomic E-state index is 10.6. The summed E-state index contributed by atoms with van der Waals surface area (Å²) in [7, 11) is 0. The van der Waals surface area contributed by atoms with Crippen LogP contribution < -0.4 is 0 Å². The standard InChI is InChI=1S/C16H14N2O2/c19-16(20)9-8-12-4-3-5-13(10-12)18-11-17-14-6-1-2-7-15(14)18/h1-7,10-11H,8-9H2,(H,19,20). The van der Waals surface area contributed by atoms with E-state index in [0.29, 0.717) is 6.42 Å². The first-order valence-electron chi connectivity index (χ1n) is 6.47. The van der Waals surface area contributed by atoms with E-state index in [1.165, 1.54) is 0 Å². The molecule has 0 aliphatic heterocycles. The van der Waals surface area contributed by atoms with Crippen LogP contribution in [0, 0.1) is 0 Å². The van der Waals surface area contributed by atoms with Crippen LogP contribution in [0.5, 0.6) is 0 Å². The number of hydrogen-bond donors (Lipinski definition) is 1. The van der Waals surface area contributed by atoms with Gasteiger partial charge in [0.1, 0.15) is 6.33 Å². The van der Waals surface area contributed by atoms with E-state index in [1.54, 1.807) is 6.33 Å². The molecule has 3 aromatic rings. The van der Waals surface area contributed by atoms with Crippen LogP contribution in [-0.4, -0.2) is 20.6 Å². The molecule has 0 unspecified atom stereocenters. The van der Waals surface area contributed by atoms with Crippen molar-refractivity contribution in [2.75, 3.05) is 0 Å². The molecule has 4 heteroatoms. The first-order valence-corrected chi connectivity index (χ1v) is 6.47. The summed E-state index contributed by atoms with van der Waals surface area (Å²) in [6.45, 7) is 0. The number of rotatable bonds is 4. The maximum atomic E-state index is 10.6. The van der Waals surface area contributed by atoms with Crippen molar-refractivity contribution in [3.05, 3.63) is 60.4 Å². The second-order valence-electron chi connectivity index (χ2n) is 4.67. The first-order chi connectivity index (χ1) is 9.74. The number of aromatic nitrogens is 2. The molecule has 3 rings (SSSR count). The van der Waals surface area contributed by atoms with Crippen LogP contribution >= 0.6 is 0 Å². The number of aliphatic carboxylic acids is 1. The third-order valence-corrected chi connectivity index (χ3v) is 3.27. The van der Waals surface area contributed by atoms with Crippen LogP contribution in [-0.2, 0) is 11.2 Å². The molecule has 20 heavy (non-hydrogen) atoms. The van der Waals surface area contributed by atoms with Crippen LogP contribution in [0.15, 0.2) is 54.9 Å². The molecule has 4 nitrogen and oxygen atoms in total. The molecule has 1 N–H and O–H groups in total. The Bertz CT molecular complexity index is 762. The molecular weight excluding hydrogens is 252 g/mol. The number of carbonyl (C=O) groups is 1. The highest BCUT2D eigenvalue weighted by atomic mass is 16.4. The summed E-state index contributed by atoms with van der Waals surface area (Å²) in [6.07, 6.45) is 2.48. The Morgan fingerprint density at radius 2 is 2.00 bits per heavy atom. The van der Waals surface area contributed by atoms with Gasteiger partial charge in [0.25, 0.3) is 0 Å². The van der Waals surface area contributed by atoms with Crippen LogP contribution in [0.2, 0.25) is 0 Å². The number of fused-ring (bicyclic) bond motifs is 1. The lowest BCUT2D eigenvalue weighted by molar-refractivity contribution is -0.136. The third-order valence-electron chi connectivity index (χ3n) is 3.27. The van der Waals surface area contributed by atoms with Crippen LogP contribution in [0.3, 0.4) is 0 Å². The topological polar surface area (TPSA) is 55.1 Å². The summed E-state index contributed by atoms with van der Waals surface area (Å²) in [5.41, 5.74) is 4.01. The molecule has 1 heterocycles.